The number of benzene rings is 10. The normalized spacial score (nSPS) is 13.0. The maximum Gasteiger partial charge on any atom is 0.252 e. The van der Waals surface area contributed by atoms with E-state index in [1.54, 1.807) is 0 Å². The third kappa shape index (κ3) is 9.04. The fourth-order valence-electron chi connectivity index (χ4n) is 12.1. The Kier molecular flexibility index (Phi) is 12.3. The van der Waals surface area contributed by atoms with Gasteiger partial charge < -0.3 is 14.7 Å². The molecule has 0 bridgehead atoms. The van der Waals surface area contributed by atoms with Crippen LogP contribution in [-0.4, -0.2) is 6.71 Å². The smallest absolute Gasteiger partial charge is 0.252 e. The van der Waals surface area contributed by atoms with Crippen LogP contribution in [0, 0.1) is 6.92 Å². The number of nitrogens with zero attached hydrogens (tertiary/aromatic N) is 3. The molecule has 0 amide bonds. The Labute approximate surface area is 458 Å². The number of hydrogen-bond donors (Lipinski definition) is 0. The second-order valence-corrected chi connectivity index (χ2v) is 24.4. The van der Waals surface area contributed by atoms with E-state index < -0.39 is 0 Å². The van der Waals surface area contributed by atoms with Crippen LogP contribution in [0.3, 0.4) is 0 Å². The summed E-state index contributed by atoms with van der Waals surface area (Å²) in [5.41, 5.74) is 26.5. The zero-order valence-corrected chi connectivity index (χ0v) is 46.4. The average molecular weight is 998 g/mol. The van der Waals surface area contributed by atoms with E-state index in [0.29, 0.717) is 0 Å². The SMILES string of the molecule is Cc1cc2c3c(c1)N(c1ccc(-c4ccccc4)cc1-c1ccc(C(C)(C)C)c(C(C)(C)C)c1)c1cc(-c4ccccc4)ccc1B3c1ccc(N(c3ccccc3)c3ccccc3)cc1N2c1ccc(C(C)(C)C)cc1. The molecule has 3 nitrogen and oxygen atoms in total. The Hall–Kier alpha value is -8.34. The van der Waals surface area contributed by atoms with Crippen molar-refractivity contribution in [3.8, 4) is 33.4 Å². The van der Waals surface area contributed by atoms with Crippen LogP contribution in [0.2, 0.25) is 0 Å². The van der Waals surface area contributed by atoms with Gasteiger partial charge in [-0.1, -0.05) is 214 Å². The molecule has 0 atom stereocenters. The molecule has 0 spiro atoms. The molecule has 0 saturated carbocycles. The van der Waals surface area contributed by atoms with Gasteiger partial charge in [0.15, 0.2) is 0 Å². The largest absolute Gasteiger partial charge is 0.311 e. The third-order valence-corrected chi connectivity index (χ3v) is 15.9. The van der Waals surface area contributed by atoms with Crippen molar-refractivity contribution in [3.05, 3.63) is 253 Å². The van der Waals surface area contributed by atoms with Crippen LogP contribution >= 0.6 is 0 Å². The van der Waals surface area contributed by atoms with Crippen molar-refractivity contribution in [2.75, 3.05) is 14.7 Å². The number of aryl methyl sites for hydroxylation is 1. The monoisotopic (exact) mass is 998 g/mol. The van der Waals surface area contributed by atoms with Crippen LogP contribution in [0.1, 0.15) is 84.6 Å². The second-order valence-electron chi connectivity index (χ2n) is 24.4. The first kappa shape index (κ1) is 49.5. The van der Waals surface area contributed by atoms with Crippen LogP contribution in [0.5, 0.6) is 0 Å². The summed E-state index contributed by atoms with van der Waals surface area (Å²) in [6, 6.07) is 86.5. The molecule has 2 aliphatic rings. The Morgan fingerprint density at radius 1 is 0.338 bits per heavy atom. The zero-order valence-electron chi connectivity index (χ0n) is 46.4. The van der Waals surface area contributed by atoms with E-state index in [4.69, 9.17) is 0 Å². The van der Waals surface area contributed by atoms with Gasteiger partial charge in [-0.2, -0.15) is 0 Å². The average Bonchev–Trinajstić information content (AvgIpc) is 3.50. The first-order valence-corrected chi connectivity index (χ1v) is 27.4. The van der Waals surface area contributed by atoms with E-state index in [2.05, 4.69) is 314 Å². The van der Waals surface area contributed by atoms with Crippen molar-refractivity contribution in [1.29, 1.82) is 0 Å². The summed E-state index contributed by atoms with van der Waals surface area (Å²) in [5.74, 6) is 0. The van der Waals surface area contributed by atoms with E-state index in [-0.39, 0.29) is 23.0 Å². The molecule has 378 valence electrons. The maximum atomic E-state index is 2.62. The first-order chi connectivity index (χ1) is 37.0. The molecule has 12 rings (SSSR count). The van der Waals surface area contributed by atoms with Gasteiger partial charge in [0.1, 0.15) is 0 Å². The predicted molar refractivity (Wildman–Crippen MR) is 332 cm³/mol. The van der Waals surface area contributed by atoms with Crippen molar-refractivity contribution in [1.82, 2.24) is 0 Å². The van der Waals surface area contributed by atoms with Crippen LogP contribution in [0.4, 0.5) is 51.2 Å². The molecular formula is C73H68BN3. The number of fused-ring (bicyclic) bond motifs is 4. The Balaban J connectivity index is 1.16. The highest BCUT2D eigenvalue weighted by atomic mass is 15.2. The lowest BCUT2D eigenvalue weighted by Crippen LogP contribution is -2.61. The first-order valence-electron chi connectivity index (χ1n) is 27.4. The minimum Gasteiger partial charge on any atom is -0.311 e. The van der Waals surface area contributed by atoms with E-state index >= 15 is 0 Å². The molecule has 0 unspecified atom stereocenters. The molecule has 0 N–H and O–H groups in total. The summed E-state index contributed by atoms with van der Waals surface area (Å²) in [5, 5.41) is 0. The molecule has 0 aliphatic carbocycles. The molecule has 2 aliphatic heterocycles. The lowest BCUT2D eigenvalue weighted by molar-refractivity contribution is 0.530. The summed E-state index contributed by atoms with van der Waals surface area (Å²) in [6.45, 7) is 23.2. The van der Waals surface area contributed by atoms with E-state index in [0.717, 1.165) is 28.4 Å². The van der Waals surface area contributed by atoms with Crippen LogP contribution in [0.15, 0.2) is 231 Å². The molecule has 0 fully saturated rings. The van der Waals surface area contributed by atoms with Crippen molar-refractivity contribution in [3.63, 3.8) is 0 Å². The van der Waals surface area contributed by atoms with Crippen LogP contribution < -0.4 is 31.1 Å². The highest BCUT2D eigenvalue weighted by molar-refractivity contribution is 7.00. The van der Waals surface area contributed by atoms with Crippen LogP contribution in [-0.2, 0) is 16.2 Å². The van der Waals surface area contributed by atoms with Crippen molar-refractivity contribution in [2.45, 2.75) is 85.5 Å². The van der Waals surface area contributed by atoms with Gasteiger partial charge in [-0.25, -0.2) is 0 Å². The second kappa shape index (κ2) is 19.0. The molecule has 77 heavy (non-hydrogen) atoms. The quantitative estimate of drug-likeness (QED) is 0.140. The van der Waals surface area contributed by atoms with Gasteiger partial charge in [-0.3, -0.25) is 0 Å². The van der Waals surface area contributed by atoms with E-state index in [9.17, 15) is 0 Å². The summed E-state index contributed by atoms with van der Waals surface area (Å²) in [4.78, 5) is 7.57. The number of rotatable bonds is 8. The Morgan fingerprint density at radius 3 is 1.39 bits per heavy atom. The van der Waals surface area contributed by atoms with Gasteiger partial charge in [-0.05, 0) is 168 Å². The lowest BCUT2D eigenvalue weighted by Gasteiger charge is -2.45. The molecular weight excluding hydrogens is 930 g/mol. The predicted octanol–water partition coefficient (Wildman–Crippen LogP) is 18.4. The fraction of sp³-hybridized carbons (Fsp3) is 0.178. The van der Waals surface area contributed by atoms with Gasteiger partial charge in [0.2, 0.25) is 0 Å². The fourth-order valence-corrected chi connectivity index (χ4v) is 12.1. The summed E-state index contributed by atoms with van der Waals surface area (Å²) >= 11 is 0. The van der Waals surface area contributed by atoms with Gasteiger partial charge in [-0.15, -0.1) is 0 Å². The lowest BCUT2D eigenvalue weighted by atomic mass is 9.33. The highest BCUT2D eigenvalue weighted by Gasteiger charge is 2.44. The summed E-state index contributed by atoms with van der Waals surface area (Å²) in [6.07, 6.45) is 0. The summed E-state index contributed by atoms with van der Waals surface area (Å²) in [7, 11) is 0. The van der Waals surface area contributed by atoms with Gasteiger partial charge in [0, 0.05) is 51.1 Å². The minimum absolute atomic E-state index is 0.00224. The van der Waals surface area contributed by atoms with Crippen molar-refractivity contribution >= 4 is 74.3 Å². The number of para-hydroxylation sites is 2. The van der Waals surface area contributed by atoms with Crippen LogP contribution in [0.25, 0.3) is 33.4 Å². The van der Waals surface area contributed by atoms with Crippen molar-refractivity contribution < 1.29 is 0 Å². The molecule has 0 saturated heterocycles. The van der Waals surface area contributed by atoms with Gasteiger partial charge in [0.25, 0.3) is 6.71 Å². The Morgan fingerprint density at radius 2 is 0.831 bits per heavy atom. The molecule has 10 aromatic carbocycles. The molecule has 0 aromatic heterocycles. The van der Waals surface area contributed by atoms with Crippen molar-refractivity contribution in [2.24, 2.45) is 0 Å². The maximum absolute atomic E-state index is 2.62. The molecule has 4 heteroatoms. The zero-order chi connectivity index (χ0) is 53.4. The molecule has 0 radical (unpaired) electrons. The van der Waals surface area contributed by atoms with Gasteiger partial charge in [0.05, 0.1) is 5.69 Å². The topological polar surface area (TPSA) is 9.72 Å². The highest BCUT2D eigenvalue weighted by Crippen LogP contribution is 2.50. The number of anilines is 9. The van der Waals surface area contributed by atoms with Gasteiger partial charge >= 0.3 is 0 Å². The third-order valence-electron chi connectivity index (χ3n) is 15.9. The molecule has 10 aromatic rings. The van der Waals surface area contributed by atoms with E-state index in [1.807, 2.05) is 0 Å². The Bertz CT molecular complexity index is 3770. The minimum atomic E-state index is -0.0814. The standard InChI is InChI=1S/C73H68BN3/c1-49-43-68-70-69(44-49)77(65-42-33-52(50-23-15-11-16-24-50)45-60(65)54-31-39-61(72(5,6)7)62(46-54)73(8,9)10)66-47-53(51-25-17-12-18-26-51)32-40-63(66)74(70)64-41-38-59(75(56-27-19-13-20-28-56)57-29-21-14-22-30-57)48-67(64)76(68)58-36-34-55(35-37-58)71(2,3)4/h11-48H,1-10H3. The number of hydrogen-bond acceptors (Lipinski definition) is 3. The van der Waals surface area contributed by atoms with E-state index in [1.165, 1.54) is 94.8 Å². The molecule has 2 heterocycles. The summed E-state index contributed by atoms with van der Waals surface area (Å²) < 4.78 is 0.